The van der Waals surface area contributed by atoms with Crippen LogP contribution in [-0.4, -0.2) is 17.8 Å². The van der Waals surface area contributed by atoms with Crippen LogP contribution in [0.3, 0.4) is 0 Å². The summed E-state index contributed by atoms with van der Waals surface area (Å²) in [6.07, 6.45) is 2.60. The molecule has 6 heteroatoms. The van der Waals surface area contributed by atoms with E-state index in [4.69, 9.17) is 21.4 Å². The molecule has 1 aliphatic rings. The average molecular weight is 505 g/mol. The second-order valence-electron chi connectivity index (χ2n) is 8.94. The maximum absolute atomic E-state index is 6.14. The molecule has 0 amide bonds. The highest BCUT2D eigenvalue weighted by Crippen LogP contribution is 2.37. The number of fused-ring (bicyclic) bond motifs is 1. The van der Waals surface area contributed by atoms with E-state index in [2.05, 4.69) is 63.8 Å². The summed E-state index contributed by atoms with van der Waals surface area (Å²) in [7, 11) is 1.69. The average Bonchev–Trinajstić information content (AvgIpc) is 3.39. The second kappa shape index (κ2) is 9.96. The van der Waals surface area contributed by atoms with Crippen molar-refractivity contribution in [2.45, 2.75) is 12.5 Å². The lowest BCUT2D eigenvalue weighted by molar-refractivity contribution is 0.414. The lowest BCUT2D eigenvalue weighted by Crippen LogP contribution is -2.18. The Morgan fingerprint density at radius 3 is 2.43 bits per heavy atom. The van der Waals surface area contributed by atoms with Gasteiger partial charge in [-0.25, -0.2) is 0 Å². The number of rotatable bonds is 6. The number of benzene rings is 4. The van der Waals surface area contributed by atoms with Gasteiger partial charge in [-0.3, -0.25) is 9.99 Å². The largest absolute Gasteiger partial charge is 0.497 e. The van der Waals surface area contributed by atoms with E-state index in [1.54, 1.807) is 13.3 Å². The van der Waals surface area contributed by atoms with Crippen molar-refractivity contribution in [2.24, 2.45) is 5.10 Å². The van der Waals surface area contributed by atoms with Crippen LogP contribution in [0.2, 0.25) is 5.02 Å². The monoisotopic (exact) mass is 504 g/mol. The lowest BCUT2D eigenvalue weighted by atomic mass is 9.98. The zero-order valence-corrected chi connectivity index (χ0v) is 21.1. The number of pyridine rings is 1. The minimum absolute atomic E-state index is 0.108. The molecule has 6 rings (SSSR count). The van der Waals surface area contributed by atoms with Crippen LogP contribution < -0.4 is 15.1 Å². The number of hydrazone groups is 1. The Balaban J connectivity index is 1.27. The quantitative estimate of drug-likeness (QED) is 0.254. The molecule has 0 radical (unpaired) electrons. The zero-order valence-electron chi connectivity index (χ0n) is 20.3. The lowest BCUT2D eigenvalue weighted by Gasteiger charge is -2.24. The molecule has 0 spiro atoms. The molecule has 1 unspecified atom stereocenters. The molecule has 37 heavy (non-hydrogen) atoms. The first-order chi connectivity index (χ1) is 18.2. The van der Waals surface area contributed by atoms with Crippen LogP contribution in [0.4, 0.5) is 17.1 Å². The predicted octanol–water partition coefficient (Wildman–Crippen LogP) is 8.00. The maximum atomic E-state index is 6.14. The molecule has 0 saturated carbocycles. The molecule has 0 fully saturated rings. The van der Waals surface area contributed by atoms with Crippen molar-refractivity contribution < 1.29 is 4.74 Å². The topological polar surface area (TPSA) is 49.8 Å². The van der Waals surface area contributed by atoms with Crippen LogP contribution in [0.15, 0.2) is 114 Å². The van der Waals surface area contributed by atoms with E-state index in [9.17, 15) is 0 Å². The summed E-state index contributed by atoms with van der Waals surface area (Å²) < 4.78 is 5.36. The highest BCUT2D eigenvalue weighted by atomic mass is 35.5. The minimum atomic E-state index is 0.108. The molecular formula is C31H25ClN4O. The third-order valence-corrected chi connectivity index (χ3v) is 6.87. The normalized spacial score (nSPS) is 15.0. The number of hydrogen-bond donors (Lipinski definition) is 1. The molecule has 1 aromatic heterocycles. The Morgan fingerprint density at radius 1 is 0.892 bits per heavy atom. The van der Waals surface area contributed by atoms with Gasteiger partial charge in [-0.1, -0.05) is 54.1 Å². The van der Waals surface area contributed by atoms with Crippen molar-refractivity contribution in [3.05, 3.63) is 125 Å². The number of aromatic nitrogens is 1. The van der Waals surface area contributed by atoms with E-state index >= 15 is 0 Å². The fraction of sp³-hybridized carbons (Fsp3) is 0.0968. The Morgan fingerprint density at radius 2 is 1.68 bits per heavy atom. The fourth-order valence-corrected chi connectivity index (χ4v) is 4.89. The molecule has 0 aliphatic carbocycles. The van der Waals surface area contributed by atoms with Crippen LogP contribution in [-0.2, 0) is 0 Å². The van der Waals surface area contributed by atoms with Gasteiger partial charge in [0.1, 0.15) is 5.75 Å². The van der Waals surface area contributed by atoms with Gasteiger partial charge in [0.25, 0.3) is 0 Å². The van der Waals surface area contributed by atoms with Crippen LogP contribution in [0, 0.1) is 0 Å². The first-order valence-corrected chi connectivity index (χ1v) is 12.5. The summed E-state index contributed by atoms with van der Waals surface area (Å²) >= 11 is 6.14. The van der Waals surface area contributed by atoms with Gasteiger partial charge in [-0.05, 0) is 71.8 Å². The van der Waals surface area contributed by atoms with Gasteiger partial charge in [0.2, 0.25) is 0 Å². The number of nitrogens with zero attached hydrogens (tertiary/aromatic N) is 3. The number of ether oxygens (including phenoxy) is 1. The van der Waals surface area contributed by atoms with Crippen molar-refractivity contribution in [3.63, 3.8) is 0 Å². The van der Waals surface area contributed by atoms with Crippen molar-refractivity contribution in [1.82, 2.24) is 4.98 Å². The molecule has 1 N–H and O–H groups in total. The summed E-state index contributed by atoms with van der Waals surface area (Å²) in [6, 6.07) is 34.8. The molecule has 5 nitrogen and oxygen atoms in total. The van der Waals surface area contributed by atoms with E-state index in [0.717, 1.165) is 51.4 Å². The second-order valence-corrected chi connectivity index (χ2v) is 9.38. The van der Waals surface area contributed by atoms with Crippen molar-refractivity contribution in [2.75, 3.05) is 17.4 Å². The smallest absolute Gasteiger partial charge is 0.118 e. The molecule has 182 valence electrons. The van der Waals surface area contributed by atoms with Crippen molar-refractivity contribution in [1.29, 1.82) is 0 Å². The van der Waals surface area contributed by atoms with E-state index < -0.39 is 0 Å². The Labute approximate surface area is 221 Å². The highest BCUT2D eigenvalue weighted by molar-refractivity contribution is 6.31. The third-order valence-electron chi connectivity index (χ3n) is 6.63. The summed E-state index contributed by atoms with van der Waals surface area (Å²) in [5, 5.41) is 12.4. The zero-order chi connectivity index (χ0) is 25.2. The third kappa shape index (κ3) is 4.74. The molecule has 1 aliphatic heterocycles. The Bertz CT molecular complexity index is 1570. The number of para-hydroxylation sites is 1. The minimum Gasteiger partial charge on any atom is -0.497 e. The Kier molecular flexibility index (Phi) is 6.21. The highest BCUT2D eigenvalue weighted by Gasteiger charge is 2.29. The Hall–Kier alpha value is -4.35. The first kappa shape index (κ1) is 23.1. The fourth-order valence-electron chi connectivity index (χ4n) is 4.72. The standard InChI is InChI=1S/C31H25ClN4O/c1-37-26-14-9-22(10-15-26)31-20-29(35-36(31)25-5-3-2-4-6-25)21-7-12-24(13-8-21)34-28-17-18-33-30-19-23(32)11-16-27(28)30/h2-19,31H,20H2,1H3,(H,33,34). The van der Waals surface area contributed by atoms with Gasteiger partial charge in [-0.2, -0.15) is 5.10 Å². The van der Waals surface area contributed by atoms with Crippen LogP contribution in [0.5, 0.6) is 5.75 Å². The number of halogens is 1. The molecule has 5 aromatic rings. The van der Waals surface area contributed by atoms with Gasteiger partial charge in [0.15, 0.2) is 0 Å². The van der Waals surface area contributed by atoms with Crippen molar-refractivity contribution >= 4 is 45.3 Å². The van der Waals surface area contributed by atoms with Crippen LogP contribution in [0.1, 0.15) is 23.6 Å². The predicted molar refractivity (Wildman–Crippen MR) is 152 cm³/mol. The van der Waals surface area contributed by atoms with Gasteiger partial charge < -0.3 is 10.1 Å². The molecule has 2 heterocycles. The number of hydrogen-bond acceptors (Lipinski definition) is 5. The summed E-state index contributed by atoms with van der Waals surface area (Å²) in [6.45, 7) is 0. The van der Waals surface area contributed by atoms with E-state index in [1.165, 1.54) is 5.56 Å². The molecule has 4 aromatic carbocycles. The molecule has 1 atom stereocenters. The van der Waals surface area contributed by atoms with Gasteiger partial charge >= 0.3 is 0 Å². The van der Waals surface area contributed by atoms with E-state index in [1.807, 2.05) is 54.6 Å². The molecular weight excluding hydrogens is 480 g/mol. The van der Waals surface area contributed by atoms with Gasteiger partial charge in [0, 0.05) is 34.4 Å². The first-order valence-electron chi connectivity index (χ1n) is 12.2. The van der Waals surface area contributed by atoms with E-state index in [-0.39, 0.29) is 6.04 Å². The van der Waals surface area contributed by atoms with Gasteiger partial charge in [0.05, 0.1) is 30.1 Å². The SMILES string of the molecule is COc1ccc(C2CC(c3ccc(Nc4ccnc5cc(Cl)ccc45)cc3)=NN2c2ccccc2)cc1. The van der Waals surface area contributed by atoms with E-state index in [0.29, 0.717) is 5.02 Å². The number of nitrogens with one attached hydrogen (secondary N) is 1. The maximum Gasteiger partial charge on any atom is 0.118 e. The number of anilines is 3. The molecule has 0 bridgehead atoms. The number of methoxy groups -OCH3 is 1. The van der Waals surface area contributed by atoms with Crippen LogP contribution in [0.25, 0.3) is 10.9 Å². The summed E-state index contributed by atoms with van der Waals surface area (Å²) in [5.41, 5.74) is 7.28. The van der Waals surface area contributed by atoms with Crippen molar-refractivity contribution in [3.8, 4) is 5.75 Å². The summed E-state index contributed by atoms with van der Waals surface area (Å²) in [5.74, 6) is 0.849. The summed E-state index contributed by atoms with van der Waals surface area (Å²) in [4.78, 5) is 4.43. The van der Waals surface area contributed by atoms with Gasteiger partial charge in [-0.15, -0.1) is 0 Å². The molecule has 0 saturated heterocycles. The van der Waals surface area contributed by atoms with Crippen LogP contribution >= 0.6 is 11.6 Å².